The number of nitrogen functional groups attached to an aromatic ring is 1. The van der Waals surface area contributed by atoms with Crippen molar-refractivity contribution in [2.24, 2.45) is 0 Å². The van der Waals surface area contributed by atoms with Crippen LogP contribution in [0, 0.1) is 11.3 Å². The molecule has 1 heterocycles. The van der Waals surface area contributed by atoms with E-state index in [4.69, 9.17) is 11.0 Å². The fraction of sp³-hybridized carbons (Fsp3) is 0.231. The van der Waals surface area contributed by atoms with Crippen molar-refractivity contribution in [1.82, 2.24) is 9.78 Å². The molecule has 18 heavy (non-hydrogen) atoms. The van der Waals surface area contributed by atoms with E-state index in [1.54, 1.807) is 24.4 Å². The van der Waals surface area contributed by atoms with Crippen molar-refractivity contribution in [3.05, 3.63) is 42.2 Å². The third-order valence-corrected chi connectivity index (χ3v) is 2.62. The fourth-order valence-electron chi connectivity index (χ4n) is 1.68. The summed E-state index contributed by atoms with van der Waals surface area (Å²) in [7, 11) is 0. The fourth-order valence-corrected chi connectivity index (χ4v) is 1.68. The number of aryl methyl sites for hydroxylation is 1. The number of nitriles is 1. The molecule has 2 rings (SSSR count). The van der Waals surface area contributed by atoms with Crippen LogP contribution in [0.25, 0.3) is 0 Å². The highest BCUT2D eigenvalue weighted by Crippen LogP contribution is 2.19. The predicted molar refractivity (Wildman–Crippen MR) is 70.9 cm³/mol. The van der Waals surface area contributed by atoms with Gasteiger partial charge in [-0.3, -0.25) is 4.68 Å². The van der Waals surface area contributed by atoms with E-state index in [1.165, 1.54) is 0 Å². The maximum absolute atomic E-state index is 8.82. The quantitative estimate of drug-likeness (QED) is 0.618. The molecule has 0 aliphatic carbocycles. The molecule has 0 atom stereocenters. The Morgan fingerprint density at radius 3 is 3.06 bits per heavy atom. The van der Waals surface area contributed by atoms with Gasteiger partial charge < -0.3 is 11.1 Å². The average Bonchev–Trinajstić information content (AvgIpc) is 2.89. The van der Waals surface area contributed by atoms with Crippen LogP contribution in [0.15, 0.2) is 36.7 Å². The van der Waals surface area contributed by atoms with Gasteiger partial charge in [0.05, 0.1) is 23.0 Å². The lowest BCUT2D eigenvalue weighted by Gasteiger charge is -2.09. The van der Waals surface area contributed by atoms with E-state index in [2.05, 4.69) is 16.5 Å². The first-order valence-electron chi connectivity index (χ1n) is 5.80. The predicted octanol–water partition coefficient (Wildman–Crippen LogP) is 1.84. The maximum atomic E-state index is 8.82. The van der Waals surface area contributed by atoms with Crippen LogP contribution in [0.3, 0.4) is 0 Å². The monoisotopic (exact) mass is 241 g/mol. The molecule has 0 saturated heterocycles. The minimum Gasteiger partial charge on any atom is -0.397 e. The molecule has 1 aromatic carbocycles. The molecule has 0 aliphatic rings. The molecule has 1 aromatic heterocycles. The Labute approximate surface area is 106 Å². The van der Waals surface area contributed by atoms with Crippen LogP contribution in [0.5, 0.6) is 0 Å². The lowest BCUT2D eigenvalue weighted by Crippen LogP contribution is -2.08. The summed E-state index contributed by atoms with van der Waals surface area (Å²) in [5, 5.41) is 16.2. The summed E-state index contributed by atoms with van der Waals surface area (Å²) in [6.07, 6.45) is 4.64. The van der Waals surface area contributed by atoms with Gasteiger partial charge in [-0.2, -0.15) is 10.4 Å². The third kappa shape index (κ3) is 3.01. The zero-order valence-electron chi connectivity index (χ0n) is 10.0. The van der Waals surface area contributed by atoms with Crippen molar-refractivity contribution < 1.29 is 0 Å². The molecule has 0 spiro atoms. The number of rotatable bonds is 5. The van der Waals surface area contributed by atoms with E-state index in [1.807, 2.05) is 16.9 Å². The van der Waals surface area contributed by atoms with Gasteiger partial charge >= 0.3 is 0 Å². The second-order valence-corrected chi connectivity index (χ2v) is 3.96. The molecule has 3 N–H and O–H groups in total. The molecule has 0 fully saturated rings. The minimum atomic E-state index is 0.610. The molecule has 0 bridgehead atoms. The van der Waals surface area contributed by atoms with Gasteiger partial charge in [0.2, 0.25) is 0 Å². The number of hydrogen-bond acceptors (Lipinski definition) is 4. The molecule has 0 amide bonds. The second kappa shape index (κ2) is 5.73. The van der Waals surface area contributed by atoms with Crippen LogP contribution >= 0.6 is 0 Å². The van der Waals surface area contributed by atoms with Crippen molar-refractivity contribution in [1.29, 1.82) is 5.26 Å². The first-order valence-corrected chi connectivity index (χ1v) is 5.80. The Kier molecular flexibility index (Phi) is 3.82. The number of benzene rings is 1. The van der Waals surface area contributed by atoms with Crippen LogP contribution in [-0.4, -0.2) is 16.3 Å². The number of nitrogens with one attached hydrogen (secondary N) is 1. The van der Waals surface area contributed by atoms with Gasteiger partial charge in [0, 0.05) is 25.5 Å². The maximum Gasteiger partial charge on any atom is 0.0992 e. The molecule has 5 nitrogen and oxygen atoms in total. The third-order valence-electron chi connectivity index (χ3n) is 2.62. The van der Waals surface area contributed by atoms with E-state index in [0.717, 1.165) is 25.2 Å². The summed E-state index contributed by atoms with van der Waals surface area (Å²) in [5.41, 5.74) is 7.92. The standard InChI is InChI=1S/C13H15N5/c14-10-11-3-4-12(15)13(9-11)16-5-1-7-18-8-2-6-17-18/h2-4,6,8-9,16H,1,5,7,15H2. The van der Waals surface area contributed by atoms with Gasteiger partial charge in [-0.05, 0) is 30.7 Å². The van der Waals surface area contributed by atoms with Crippen LogP contribution in [-0.2, 0) is 6.54 Å². The molecule has 0 saturated carbocycles. The molecule has 5 heteroatoms. The van der Waals surface area contributed by atoms with Gasteiger partial charge in [-0.25, -0.2) is 0 Å². The molecule has 0 unspecified atom stereocenters. The summed E-state index contributed by atoms with van der Waals surface area (Å²) in [6.45, 7) is 1.65. The Hall–Kier alpha value is -2.48. The number of nitrogens with two attached hydrogens (primary N) is 1. The zero-order valence-corrected chi connectivity index (χ0v) is 10.0. The molecule has 0 radical (unpaired) electrons. The Morgan fingerprint density at radius 2 is 2.33 bits per heavy atom. The average molecular weight is 241 g/mol. The van der Waals surface area contributed by atoms with Crippen LogP contribution < -0.4 is 11.1 Å². The van der Waals surface area contributed by atoms with Crippen molar-refractivity contribution in [2.75, 3.05) is 17.6 Å². The van der Waals surface area contributed by atoms with Crippen molar-refractivity contribution in [3.63, 3.8) is 0 Å². The van der Waals surface area contributed by atoms with Gasteiger partial charge in [-0.15, -0.1) is 0 Å². The summed E-state index contributed by atoms with van der Waals surface area (Å²) in [6, 6.07) is 9.23. The van der Waals surface area contributed by atoms with Gasteiger partial charge in [0.1, 0.15) is 0 Å². The normalized spacial score (nSPS) is 9.94. The first kappa shape index (κ1) is 12.0. The van der Waals surface area contributed by atoms with Crippen molar-refractivity contribution >= 4 is 11.4 Å². The van der Waals surface area contributed by atoms with E-state index < -0.39 is 0 Å². The van der Waals surface area contributed by atoms with Gasteiger partial charge in [0.15, 0.2) is 0 Å². The van der Waals surface area contributed by atoms with Crippen LogP contribution in [0.2, 0.25) is 0 Å². The SMILES string of the molecule is N#Cc1ccc(N)c(NCCCn2cccn2)c1. The van der Waals surface area contributed by atoms with Crippen LogP contribution in [0.4, 0.5) is 11.4 Å². The molecular formula is C13H15N5. The highest BCUT2D eigenvalue weighted by atomic mass is 15.3. The van der Waals surface area contributed by atoms with Gasteiger partial charge in [0.25, 0.3) is 0 Å². The molecule has 2 aromatic rings. The van der Waals surface area contributed by atoms with E-state index in [9.17, 15) is 0 Å². The summed E-state index contributed by atoms with van der Waals surface area (Å²) >= 11 is 0. The highest BCUT2D eigenvalue weighted by Gasteiger charge is 2.00. The lowest BCUT2D eigenvalue weighted by molar-refractivity contribution is 0.592. The van der Waals surface area contributed by atoms with Crippen molar-refractivity contribution in [3.8, 4) is 6.07 Å². The first-order chi connectivity index (χ1) is 8.79. The Bertz CT molecular complexity index is 539. The van der Waals surface area contributed by atoms with Crippen molar-refractivity contribution in [2.45, 2.75) is 13.0 Å². The Morgan fingerprint density at radius 1 is 1.44 bits per heavy atom. The second-order valence-electron chi connectivity index (χ2n) is 3.96. The number of anilines is 2. The summed E-state index contributed by atoms with van der Waals surface area (Å²) in [4.78, 5) is 0. The number of nitrogens with zero attached hydrogens (tertiary/aromatic N) is 3. The minimum absolute atomic E-state index is 0.610. The topological polar surface area (TPSA) is 79.7 Å². The zero-order chi connectivity index (χ0) is 12.8. The van der Waals surface area contributed by atoms with E-state index >= 15 is 0 Å². The smallest absolute Gasteiger partial charge is 0.0992 e. The van der Waals surface area contributed by atoms with E-state index in [-0.39, 0.29) is 0 Å². The molecule has 92 valence electrons. The highest BCUT2D eigenvalue weighted by molar-refractivity contribution is 5.68. The molecular weight excluding hydrogens is 226 g/mol. The summed E-state index contributed by atoms with van der Waals surface area (Å²) < 4.78 is 1.89. The Balaban J connectivity index is 1.85. The lowest BCUT2D eigenvalue weighted by atomic mass is 10.2. The number of aromatic nitrogens is 2. The summed E-state index contributed by atoms with van der Waals surface area (Å²) in [5.74, 6) is 0. The van der Waals surface area contributed by atoms with Crippen LogP contribution in [0.1, 0.15) is 12.0 Å². The molecule has 0 aliphatic heterocycles. The largest absolute Gasteiger partial charge is 0.397 e. The number of hydrogen-bond donors (Lipinski definition) is 2. The van der Waals surface area contributed by atoms with Gasteiger partial charge in [-0.1, -0.05) is 0 Å². The van der Waals surface area contributed by atoms with E-state index in [0.29, 0.717) is 11.3 Å².